The van der Waals surface area contributed by atoms with Crippen molar-refractivity contribution in [2.24, 2.45) is 4.99 Å². The number of nitro benzene ring substituents is 1. The fraction of sp³-hybridized carbons (Fsp3) is 0.263. The molecule has 3 heterocycles. The molecule has 3 aliphatic rings. The van der Waals surface area contributed by atoms with Crippen LogP contribution in [0.2, 0.25) is 0 Å². The van der Waals surface area contributed by atoms with Crippen LogP contribution in [0.4, 0.5) is 11.4 Å². The summed E-state index contributed by atoms with van der Waals surface area (Å²) in [6.07, 6.45) is 2.54. The number of carbonyl (C=O) groups excluding carboxylic acids is 3. The van der Waals surface area contributed by atoms with Crippen molar-refractivity contribution in [3.8, 4) is 23.0 Å². The molecule has 23 heteroatoms. The average molecular weight is 931 g/mol. The van der Waals surface area contributed by atoms with Crippen LogP contribution in [0.3, 0.4) is 0 Å². The van der Waals surface area contributed by atoms with Gasteiger partial charge in [0.05, 0.1) is 60.3 Å². The number of fused-ring (bicyclic) bond motifs is 2. The van der Waals surface area contributed by atoms with E-state index in [4.69, 9.17) is 35.8 Å². The molecule has 1 unspecified atom stereocenters. The molecular formula is C38H36N4Na2O13S4. The van der Waals surface area contributed by atoms with E-state index in [1.165, 1.54) is 79.5 Å². The van der Waals surface area contributed by atoms with Crippen molar-refractivity contribution in [3.63, 3.8) is 0 Å². The van der Waals surface area contributed by atoms with Crippen LogP contribution in [0, 0.1) is 10.1 Å². The maximum absolute atomic E-state index is 12.9. The predicted molar refractivity (Wildman–Crippen MR) is 232 cm³/mol. The third kappa shape index (κ3) is 13.8. The molecule has 2 amide bonds. The van der Waals surface area contributed by atoms with Crippen LogP contribution in [-0.2, 0) is 36.5 Å². The molecule has 0 spiro atoms. The third-order valence-corrected chi connectivity index (χ3v) is 11.7. The van der Waals surface area contributed by atoms with Gasteiger partial charge < -0.3 is 33.5 Å². The first-order chi connectivity index (χ1) is 29.4. The number of hydrogen-bond donors (Lipinski definition) is 0. The standard InChI is InChI=1S/C19H18N2O6S.C19H18N2O3S.2Na.O4S2/c1-26-17-7-15(19(23)20-12-28-11-14(20)9-22)16(21(24)25)8-18(17)27-10-13-5-3-2-4-6-13;1-23-17-7-15-16(20-9-14-11-25-12-21(14)19(15)22)8-18(17)24-10-13-5-3-2-4-6-13;;;1-5(2)6(3)4/h2-9,14H,10-12H2,1H3;2-9,14H,10-12H2,1H3;;;/t;14-;;;/m.1.../s1. The van der Waals surface area contributed by atoms with Gasteiger partial charge >= 0.3 is 62.1 Å². The van der Waals surface area contributed by atoms with E-state index < -0.39 is 41.1 Å². The number of ether oxygens (including phenoxy) is 4. The molecule has 312 valence electrons. The second kappa shape index (κ2) is 25.3. The van der Waals surface area contributed by atoms with Gasteiger partial charge in [-0.2, -0.15) is 16.8 Å². The molecule has 0 aromatic heterocycles. The van der Waals surface area contributed by atoms with Gasteiger partial charge in [0.2, 0.25) is 0 Å². The summed E-state index contributed by atoms with van der Waals surface area (Å²) in [6.45, 7) is 0.622. The van der Waals surface area contributed by atoms with Crippen LogP contribution in [0.1, 0.15) is 31.8 Å². The van der Waals surface area contributed by atoms with Crippen molar-refractivity contribution in [3.05, 3.63) is 117 Å². The Balaban J connectivity index is 0.000000230. The number of aliphatic imine (C=N–C) groups is 1. The Morgan fingerprint density at radius 2 is 1.38 bits per heavy atom. The van der Waals surface area contributed by atoms with Crippen molar-refractivity contribution in [1.82, 2.24) is 9.80 Å². The quantitative estimate of drug-likeness (QED) is 0.0887. The van der Waals surface area contributed by atoms with Gasteiger partial charge in [0.15, 0.2) is 23.0 Å². The molecule has 0 saturated carbocycles. The molecule has 0 bridgehead atoms. The van der Waals surface area contributed by atoms with E-state index in [0.29, 0.717) is 53.1 Å². The molecule has 0 radical (unpaired) electrons. The number of nitro groups is 1. The average Bonchev–Trinajstić information content (AvgIpc) is 3.95. The molecular weight excluding hydrogens is 895 g/mol. The first-order valence-corrected chi connectivity index (χ1v) is 31.3. The number of thioether (sulfide) groups is 2. The van der Waals surface area contributed by atoms with Crippen molar-refractivity contribution in [2.45, 2.75) is 25.3 Å². The number of aldehydes is 1. The summed E-state index contributed by atoms with van der Waals surface area (Å²) in [7, 11) is -2.93. The molecule has 2 fully saturated rings. The molecule has 2 atom stereocenters. The molecule has 4 aromatic carbocycles. The molecule has 7 rings (SSSR count). The van der Waals surface area contributed by atoms with E-state index in [0.717, 1.165) is 16.9 Å². The molecule has 4 aromatic rings. The molecule has 2 saturated heterocycles. The number of carbonyl (C=O) groups is 3. The van der Waals surface area contributed by atoms with Crippen LogP contribution >= 0.6 is 23.5 Å². The second-order valence-electron chi connectivity index (χ2n) is 12.4. The summed E-state index contributed by atoms with van der Waals surface area (Å²) in [5.41, 5.74) is 2.61. The molecule has 61 heavy (non-hydrogen) atoms. The van der Waals surface area contributed by atoms with Crippen molar-refractivity contribution < 1.29 is 55.1 Å². The van der Waals surface area contributed by atoms with Crippen molar-refractivity contribution in [1.29, 1.82) is 0 Å². The van der Waals surface area contributed by atoms with E-state index in [-0.39, 0.29) is 35.6 Å². The zero-order chi connectivity index (χ0) is 44.5. The normalized spacial score (nSPS) is 15.7. The zero-order valence-electron chi connectivity index (χ0n) is 33.4. The summed E-state index contributed by atoms with van der Waals surface area (Å²) in [5, 5.41) is 11.6. The van der Waals surface area contributed by atoms with E-state index in [9.17, 15) is 24.5 Å². The summed E-state index contributed by atoms with van der Waals surface area (Å²) >= 11 is 6.05. The molecule has 0 aliphatic carbocycles. The minimum absolute atomic E-state index is 0.00425. The Morgan fingerprint density at radius 1 is 0.836 bits per heavy atom. The number of rotatable bonds is 11. The zero-order valence-corrected chi connectivity index (χ0v) is 40.6. The van der Waals surface area contributed by atoms with Gasteiger partial charge in [-0.1, -0.05) is 60.7 Å². The summed E-state index contributed by atoms with van der Waals surface area (Å²) < 4.78 is 58.7. The van der Waals surface area contributed by atoms with Gasteiger partial charge in [0, 0.05) is 29.9 Å². The number of methoxy groups -OCH3 is 2. The fourth-order valence-corrected chi connectivity index (χ4v) is 7.99. The Hall–Kier alpha value is -3.90. The third-order valence-electron chi connectivity index (χ3n) is 8.71. The van der Waals surface area contributed by atoms with Crippen LogP contribution < -0.4 is 18.9 Å². The molecule has 3 aliphatic heterocycles. The monoisotopic (exact) mass is 930 g/mol. The van der Waals surface area contributed by atoms with Gasteiger partial charge in [0.1, 0.15) is 25.1 Å². The van der Waals surface area contributed by atoms with Crippen LogP contribution in [0.15, 0.2) is 89.9 Å². The molecule has 0 N–H and O–H groups in total. The van der Waals surface area contributed by atoms with E-state index >= 15 is 0 Å². The first-order valence-electron chi connectivity index (χ1n) is 18.3. The van der Waals surface area contributed by atoms with Gasteiger partial charge in [-0.05, 0) is 17.2 Å². The van der Waals surface area contributed by atoms with Gasteiger partial charge in [-0.3, -0.25) is 24.7 Å². The van der Waals surface area contributed by atoms with E-state index in [1.807, 2.05) is 71.8 Å². The summed E-state index contributed by atoms with van der Waals surface area (Å²) in [6, 6.07) is 24.7. The number of benzene rings is 4. The van der Waals surface area contributed by atoms with Crippen LogP contribution in [0.5, 0.6) is 23.0 Å². The van der Waals surface area contributed by atoms with Gasteiger partial charge in [-0.25, -0.2) is 0 Å². The van der Waals surface area contributed by atoms with Crippen molar-refractivity contribution >= 4 is 121 Å². The Morgan fingerprint density at radius 3 is 1.90 bits per heavy atom. The maximum atomic E-state index is 12.9. The van der Waals surface area contributed by atoms with Gasteiger partial charge in [-0.15, -0.1) is 23.5 Å². The molecule has 17 nitrogen and oxygen atoms in total. The Kier molecular flexibility index (Phi) is 20.6. The minimum atomic E-state index is -2.95. The SMILES string of the molecule is COc1cc(C(=O)N2CSCC2C=O)c([N+](=O)[O-])cc1OCc1ccccc1.COc1cc2c(cc1OCc1ccccc1)N=C[C@@H]1CSCN1C2=O.O=S(=O)=S(=O)=O.[Na][Na]. The predicted octanol–water partition coefficient (Wildman–Crippen LogP) is 4.30. The summed E-state index contributed by atoms with van der Waals surface area (Å²) in [4.78, 5) is 55.5. The topological polar surface area (TPSA) is 218 Å². The van der Waals surface area contributed by atoms with Gasteiger partial charge in [0.25, 0.3) is 17.5 Å². The fourth-order valence-electron chi connectivity index (χ4n) is 5.76. The Bertz CT molecular complexity index is 2440. The number of hydrogen-bond acceptors (Lipinski definition) is 16. The Labute approximate surface area is 390 Å². The summed E-state index contributed by atoms with van der Waals surface area (Å²) in [5.74, 6) is 3.28. The van der Waals surface area contributed by atoms with Crippen molar-refractivity contribution in [2.75, 3.05) is 37.5 Å². The first kappa shape index (κ1) is 49.8. The van der Waals surface area contributed by atoms with Crippen LogP contribution in [-0.4, -0.2) is 149 Å². The number of amides is 2. The number of nitrogens with zero attached hydrogens (tertiary/aromatic N) is 4. The van der Waals surface area contributed by atoms with Crippen LogP contribution in [0.25, 0.3) is 0 Å². The second-order valence-corrected chi connectivity index (χ2v) is 16.8. The van der Waals surface area contributed by atoms with E-state index in [1.54, 1.807) is 31.0 Å². The van der Waals surface area contributed by atoms with E-state index in [2.05, 4.69) is 4.99 Å².